The van der Waals surface area contributed by atoms with E-state index in [0.717, 1.165) is 32.0 Å². The summed E-state index contributed by atoms with van der Waals surface area (Å²) < 4.78 is 6.08. The van der Waals surface area contributed by atoms with Crippen molar-refractivity contribution in [2.75, 3.05) is 19.7 Å². The second-order valence-electron chi connectivity index (χ2n) is 5.67. The van der Waals surface area contributed by atoms with Crippen molar-refractivity contribution in [1.29, 1.82) is 0 Å². The minimum atomic E-state index is 0.309. The molecule has 2 fully saturated rings. The second-order valence-corrected chi connectivity index (χ2v) is 6.64. The van der Waals surface area contributed by atoms with Gasteiger partial charge in [0.25, 0.3) is 0 Å². The number of aromatic nitrogens is 1. The molecule has 4 heteroatoms. The average molecular weight is 266 g/mol. The lowest BCUT2D eigenvalue weighted by molar-refractivity contribution is 0.0312. The first-order valence-electron chi connectivity index (χ1n) is 7.04. The highest BCUT2D eigenvalue weighted by atomic mass is 32.1. The van der Waals surface area contributed by atoms with Crippen LogP contribution in [0.4, 0.5) is 0 Å². The minimum Gasteiger partial charge on any atom is -0.377 e. The Labute approximate surface area is 113 Å². The Bertz CT molecular complexity index is 377. The monoisotopic (exact) mass is 266 g/mol. The third kappa shape index (κ3) is 2.46. The van der Waals surface area contributed by atoms with E-state index in [2.05, 4.69) is 17.2 Å². The summed E-state index contributed by atoms with van der Waals surface area (Å²) in [5.41, 5.74) is 2.25. The lowest BCUT2D eigenvalue weighted by atomic mass is 9.75. The lowest BCUT2D eigenvalue weighted by Crippen LogP contribution is -2.43. The molecule has 0 aromatic carbocycles. The first-order chi connectivity index (χ1) is 8.84. The van der Waals surface area contributed by atoms with Gasteiger partial charge in [-0.2, -0.15) is 0 Å². The van der Waals surface area contributed by atoms with Crippen LogP contribution in [0.15, 0.2) is 11.7 Å². The number of nitrogens with one attached hydrogen (secondary N) is 1. The van der Waals surface area contributed by atoms with Crippen molar-refractivity contribution in [3.8, 4) is 0 Å². The largest absolute Gasteiger partial charge is 0.377 e. The normalized spacial score (nSPS) is 31.9. The molecule has 0 bridgehead atoms. The van der Waals surface area contributed by atoms with Crippen molar-refractivity contribution in [3.63, 3.8) is 0 Å². The zero-order valence-corrected chi connectivity index (χ0v) is 11.8. The van der Waals surface area contributed by atoms with Crippen LogP contribution >= 0.6 is 11.3 Å². The van der Waals surface area contributed by atoms with Gasteiger partial charge < -0.3 is 10.1 Å². The Morgan fingerprint density at radius 3 is 3.11 bits per heavy atom. The Hall–Kier alpha value is -0.450. The summed E-state index contributed by atoms with van der Waals surface area (Å²) in [4.78, 5) is 5.62. The molecule has 1 saturated carbocycles. The van der Waals surface area contributed by atoms with Crippen LogP contribution in [0.2, 0.25) is 0 Å². The van der Waals surface area contributed by atoms with Crippen molar-refractivity contribution in [3.05, 3.63) is 16.6 Å². The average Bonchev–Trinajstić information content (AvgIpc) is 2.94. The molecule has 18 heavy (non-hydrogen) atoms. The predicted octanol–water partition coefficient (Wildman–Crippen LogP) is 2.48. The van der Waals surface area contributed by atoms with E-state index in [4.69, 9.17) is 4.74 Å². The summed E-state index contributed by atoms with van der Waals surface area (Å²) in [5.74, 6) is 0.819. The Kier molecular flexibility index (Phi) is 3.68. The number of ether oxygens (including phenoxy) is 1. The second kappa shape index (κ2) is 5.27. The number of thiazole rings is 1. The summed E-state index contributed by atoms with van der Waals surface area (Å²) >= 11 is 1.78. The fraction of sp³-hybridized carbons (Fsp3) is 0.786. The number of hydrogen-bond donors (Lipinski definition) is 1. The quantitative estimate of drug-likeness (QED) is 0.859. The van der Waals surface area contributed by atoms with Gasteiger partial charge in [0, 0.05) is 29.6 Å². The fourth-order valence-corrected chi connectivity index (χ4v) is 3.98. The Morgan fingerprint density at radius 1 is 1.56 bits per heavy atom. The first-order valence-corrected chi connectivity index (χ1v) is 7.92. The summed E-state index contributed by atoms with van der Waals surface area (Å²) in [6.07, 6.45) is 7.55. The van der Waals surface area contributed by atoms with Crippen LogP contribution in [0, 0.1) is 11.3 Å². The molecular formula is C14H22N2OS. The van der Waals surface area contributed by atoms with Gasteiger partial charge in [-0.05, 0) is 38.1 Å². The maximum atomic E-state index is 6.08. The van der Waals surface area contributed by atoms with Gasteiger partial charge in [-0.25, -0.2) is 0 Å². The van der Waals surface area contributed by atoms with Crippen LogP contribution in [0.5, 0.6) is 0 Å². The molecule has 0 amide bonds. The highest BCUT2D eigenvalue weighted by molar-refractivity contribution is 7.09. The third-order valence-corrected chi connectivity index (χ3v) is 5.07. The van der Waals surface area contributed by atoms with Crippen molar-refractivity contribution >= 4 is 11.3 Å². The van der Waals surface area contributed by atoms with Crippen molar-refractivity contribution < 1.29 is 4.74 Å². The van der Waals surface area contributed by atoms with Crippen LogP contribution in [0.3, 0.4) is 0 Å². The van der Waals surface area contributed by atoms with Gasteiger partial charge in [0.15, 0.2) is 0 Å². The minimum absolute atomic E-state index is 0.309. The molecule has 100 valence electrons. The number of rotatable bonds is 6. The van der Waals surface area contributed by atoms with Crippen molar-refractivity contribution in [2.45, 2.75) is 38.7 Å². The van der Waals surface area contributed by atoms with E-state index in [1.165, 1.54) is 24.1 Å². The number of nitrogens with zero attached hydrogens (tertiary/aromatic N) is 1. The highest BCUT2D eigenvalue weighted by Crippen LogP contribution is 2.49. The summed E-state index contributed by atoms with van der Waals surface area (Å²) in [5, 5.41) is 3.56. The van der Waals surface area contributed by atoms with Gasteiger partial charge in [-0.15, -0.1) is 11.3 Å². The molecule has 0 spiro atoms. The van der Waals surface area contributed by atoms with Gasteiger partial charge in [-0.3, -0.25) is 4.98 Å². The van der Waals surface area contributed by atoms with Crippen LogP contribution in [0.1, 0.15) is 31.1 Å². The lowest BCUT2D eigenvalue weighted by Gasteiger charge is -2.34. The van der Waals surface area contributed by atoms with E-state index >= 15 is 0 Å². The van der Waals surface area contributed by atoms with Gasteiger partial charge in [-0.1, -0.05) is 6.92 Å². The standard InChI is InChI=1S/C14H22N2OS/c1-2-15-9-14(7-12-8-16-10-18-12)5-6-17-13(14)11-3-4-11/h8,10-11,13,15H,2-7,9H2,1H3. The van der Waals surface area contributed by atoms with Crippen molar-refractivity contribution in [2.24, 2.45) is 11.3 Å². The fourth-order valence-electron chi connectivity index (χ4n) is 3.23. The predicted molar refractivity (Wildman–Crippen MR) is 73.9 cm³/mol. The molecule has 2 heterocycles. The van der Waals surface area contributed by atoms with Crippen LogP contribution < -0.4 is 5.32 Å². The van der Waals surface area contributed by atoms with E-state index in [1.54, 1.807) is 11.3 Å². The molecule has 2 unspecified atom stereocenters. The molecule has 1 N–H and O–H groups in total. The molecular weight excluding hydrogens is 244 g/mol. The highest BCUT2D eigenvalue weighted by Gasteiger charge is 2.50. The van der Waals surface area contributed by atoms with Gasteiger partial charge >= 0.3 is 0 Å². The van der Waals surface area contributed by atoms with E-state index < -0.39 is 0 Å². The Balaban J connectivity index is 1.77. The zero-order chi connectivity index (χ0) is 12.4. The molecule has 1 aromatic rings. The van der Waals surface area contributed by atoms with Gasteiger partial charge in [0.05, 0.1) is 11.6 Å². The molecule has 1 aliphatic heterocycles. The maximum Gasteiger partial charge on any atom is 0.0794 e. The van der Waals surface area contributed by atoms with E-state index in [0.29, 0.717) is 11.5 Å². The van der Waals surface area contributed by atoms with Crippen LogP contribution in [0.25, 0.3) is 0 Å². The van der Waals surface area contributed by atoms with E-state index in [1.807, 2.05) is 11.7 Å². The molecule has 3 nitrogen and oxygen atoms in total. The van der Waals surface area contributed by atoms with Crippen LogP contribution in [-0.4, -0.2) is 30.8 Å². The zero-order valence-electron chi connectivity index (χ0n) is 11.0. The molecule has 2 aliphatic rings. The maximum absolute atomic E-state index is 6.08. The van der Waals surface area contributed by atoms with Crippen LogP contribution in [-0.2, 0) is 11.2 Å². The summed E-state index contributed by atoms with van der Waals surface area (Å²) in [7, 11) is 0. The van der Waals surface area contributed by atoms with E-state index in [9.17, 15) is 0 Å². The topological polar surface area (TPSA) is 34.2 Å². The molecule has 1 aromatic heterocycles. The van der Waals surface area contributed by atoms with Gasteiger partial charge in [0.2, 0.25) is 0 Å². The molecule has 0 radical (unpaired) electrons. The molecule has 2 atom stereocenters. The smallest absolute Gasteiger partial charge is 0.0794 e. The van der Waals surface area contributed by atoms with Gasteiger partial charge in [0.1, 0.15) is 0 Å². The third-order valence-electron chi connectivity index (χ3n) is 4.29. The summed E-state index contributed by atoms with van der Waals surface area (Å²) in [6, 6.07) is 0. The van der Waals surface area contributed by atoms with Crippen molar-refractivity contribution in [1.82, 2.24) is 10.3 Å². The SMILES string of the molecule is CCNCC1(Cc2cncs2)CCOC1C1CC1. The Morgan fingerprint density at radius 2 is 2.44 bits per heavy atom. The molecule has 3 rings (SSSR count). The van der Waals surface area contributed by atoms with E-state index in [-0.39, 0.29) is 0 Å². The molecule has 1 aliphatic carbocycles. The number of hydrogen-bond acceptors (Lipinski definition) is 4. The first kappa shape index (κ1) is 12.6. The molecule has 1 saturated heterocycles. The summed E-state index contributed by atoms with van der Waals surface area (Å²) in [6.45, 7) is 5.25.